The first-order valence-electron chi connectivity index (χ1n) is 14.0. The number of allylic oxidation sites excluding steroid dienone is 4. The molecule has 0 spiro atoms. The summed E-state index contributed by atoms with van der Waals surface area (Å²) in [7, 11) is 1.99. The topological polar surface area (TPSA) is 89.7 Å². The fraction of sp³-hybridized carbons (Fsp3) is 0.750. The molecule has 0 bridgehead atoms. The lowest BCUT2D eigenvalue weighted by atomic mass is 10.1. The molecule has 1 saturated heterocycles. The number of amides is 2. The Bertz CT molecular complexity index is 640. The number of nitrogens with one attached hydrogen (secondary N) is 5. The standard InChI is InChI=1S/C28H54N6O2S/c1-6-8-9-10-11-12-25(13-15-29-5)32-23-26(14-18-34-19-21-36-22-20-34)33-28(35)31-17-16-30-27(24(3)4)37-7-2/h6-10,24-27,29-30,32H,2,11-23H2,1,3-5H3,(H2,31,33,35)/b8-6-,10-9-. The summed E-state index contributed by atoms with van der Waals surface area (Å²) in [5.74, 6) is 0.488. The van der Waals surface area contributed by atoms with Gasteiger partial charge in [-0.05, 0) is 57.5 Å². The minimum Gasteiger partial charge on any atom is -0.379 e. The van der Waals surface area contributed by atoms with Crippen LogP contribution in [0, 0.1) is 5.92 Å². The number of carbonyl (C=O) groups is 1. The van der Waals surface area contributed by atoms with Crippen molar-refractivity contribution in [2.45, 2.75) is 63.9 Å². The number of thioether (sulfide) groups is 1. The van der Waals surface area contributed by atoms with Crippen molar-refractivity contribution in [3.05, 3.63) is 36.3 Å². The van der Waals surface area contributed by atoms with E-state index in [9.17, 15) is 4.79 Å². The third-order valence-corrected chi connectivity index (χ3v) is 7.55. The van der Waals surface area contributed by atoms with Gasteiger partial charge in [0.1, 0.15) is 0 Å². The molecular formula is C28H54N6O2S. The Morgan fingerprint density at radius 1 is 1.05 bits per heavy atom. The van der Waals surface area contributed by atoms with E-state index in [1.54, 1.807) is 11.8 Å². The van der Waals surface area contributed by atoms with Gasteiger partial charge in [0.15, 0.2) is 0 Å². The zero-order valence-electron chi connectivity index (χ0n) is 23.8. The summed E-state index contributed by atoms with van der Waals surface area (Å²) >= 11 is 1.69. The monoisotopic (exact) mass is 538 g/mol. The van der Waals surface area contributed by atoms with E-state index >= 15 is 0 Å². The Morgan fingerprint density at radius 3 is 2.51 bits per heavy atom. The van der Waals surface area contributed by atoms with Crippen molar-refractivity contribution < 1.29 is 9.53 Å². The summed E-state index contributed by atoms with van der Waals surface area (Å²) in [5.41, 5.74) is 0. The molecule has 3 unspecified atom stereocenters. The average Bonchev–Trinajstić information content (AvgIpc) is 2.90. The number of morpholine rings is 1. The van der Waals surface area contributed by atoms with Gasteiger partial charge in [0.05, 0.1) is 18.6 Å². The summed E-state index contributed by atoms with van der Waals surface area (Å²) in [6, 6.07) is 0.360. The lowest BCUT2D eigenvalue weighted by Crippen LogP contribution is -2.51. The minimum atomic E-state index is -0.103. The second-order valence-corrected chi connectivity index (χ2v) is 10.9. The van der Waals surface area contributed by atoms with Gasteiger partial charge in [0.25, 0.3) is 0 Å². The minimum absolute atomic E-state index is 0.0613. The number of nitrogens with zero attached hydrogens (tertiary/aromatic N) is 1. The van der Waals surface area contributed by atoms with Crippen molar-refractivity contribution in [1.29, 1.82) is 0 Å². The van der Waals surface area contributed by atoms with Crippen molar-refractivity contribution >= 4 is 17.8 Å². The molecule has 3 atom stereocenters. The third-order valence-electron chi connectivity index (χ3n) is 6.35. The molecule has 1 rings (SSSR count). The molecule has 1 fully saturated rings. The highest BCUT2D eigenvalue weighted by atomic mass is 32.2. The highest BCUT2D eigenvalue weighted by molar-refractivity contribution is 8.02. The maximum Gasteiger partial charge on any atom is 0.315 e. The first-order valence-corrected chi connectivity index (χ1v) is 14.9. The van der Waals surface area contributed by atoms with E-state index in [0.717, 1.165) is 78.2 Å². The van der Waals surface area contributed by atoms with Gasteiger partial charge >= 0.3 is 6.03 Å². The van der Waals surface area contributed by atoms with Gasteiger partial charge in [0.2, 0.25) is 0 Å². The normalized spacial score (nSPS) is 17.3. The van der Waals surface area contributed by atoms with Crippen molar-refractivity contribution in [3.8, 4) is 0 Å². The van der Waals surface area contributed by atoms with E-state index in [2.05, 4.69) is 70.1 Å². The first-order chi connectivity index (χ1) is 18.0. The van der Waals surface area contributed by atoms with Crippen LogP contribution in [0.25, 0.3) is 0 Å². The summed E-state index contributed by atoms with van der Waals surface area (Å²) < 4.78 is 5.49. The predicted octanol–water partition coefficient (Wildman–Crippen LogP) is 3.31. The number of urea groups is 1. The van der Waals surface area contributed by atoms with Crippen LogP contribution in [0.4, 0.5) is 4.79 Å². The zero-order valence-corrected chi connectivity index (χ0v) is 24.6. The SMILES string of the molecule is C=CSC(NCCNC(=O)NC(CCN1CCOCC1)CNC(CC/C=C\C=C/C)CCNC)C(C)C. The summed E-state index contributed by atoms with van der Waals surface area (Å²) in [6.07, 6.45) is 12.5. The molecule has 214 valence electrons. The van der Waals surface area contributed by atoms with Crippen LogP contribution in [-0.4, -0.2) is 94.5 Å². The Hall–Kier alpha value is -1.36. The largest absolute Gasteiger partial charge is 0.379 e. The van der Waals surface area contributed by atoms with Crippen LogP contribution >= 0.6 is 11.8 Å². The van der Waals surface area contributed by atoms with Gasteiger partial charge in [-0.15, -0.1) is 11.8 Å². The molecule has 9 heteroatoms. The second-order valence-electron chi connectivity index (χ2n) is 9.79. The van der Waals surface area contributed by atoms with E-state index in [-0.39, 0.29) is 12.1 Å². The van der Waals surface area contributed by atoms with E-state index in [1.807, 2.05) is 25.5 Å². The Kier molecular flexibility index (Phi) is 20.6. The molecule has 37 heavy (non-hydrogen) atoms. The van der Waals surface area contributed by atoms with Gasteiger partial charge in [-0.3, -0.25) is 4.90 Å². The van der Waals surface area contributed by atoms with Gasteiger partial charge in [0, 0.05) is 51.4 Å². The van der Waals surface area contributed by atoms with Crippen molar-refractivity contribution in [2.75, 3.05) is 66.1 Å². The zero-order chi connectivity index (χ0) is 27.1. The Labute approximate surface area is 230 Å². The number of hydrogen-bond donors (Lipinski definition) is 5. The number of hydrogen-bond acceptors (Lipinski definition) is 7. The molecule has 0 aromatic rings. The van der Waals surface area contributed by atoms with Crippen molar-refractivity contribution in [1.82, 2.24) is 31.5 Å². The van der Waals surface area contributed by atoms with Crippen molar-refractivity contribution in [3.63, 3.8) is 0 Å². The predicted molar refractivity (Wildman–Crippen MR) is 160 cm³/mol. The summed E-state index contributed by atoms with van der Waals surface area (Å²) in [6.45, 7) is 17.7. The fourth-order valence-corrected chi connectivity index (χ4v) is 4.85. The Balaban J connectivity index is 2.58. The lowest BCUT2D eigenvalue weighted by molar-refractivity contribution is 0.0362. The van der Waals surface area contributed by atoms with Crippen LogP contribution in [-0.2, 0) is 4.74 Å². The van der Waals surface area contributed by atoms with Crippen LogP contribution in [0.2, 0.25) is 0 Å². The van der Waals surface area contributed by atoms with Crippen LogP contribution in [0.15, 0.2) is 36.3 Å². The van der Waals surface area contributed by atoms with Crippen molar-refractivity contribution in [2.24, 2.45) is 5.92 Å². The molecule has 0 saturated carbocycles. The van der Waals surface area contributed by atoms with E-state index < -0.39 is 0 Å². The first kappa shape index (κ1) is 33.7. The Morgan fingerprint density at radius 2 is 1.84 bits per heavy atom. The molecule has 0 radical (unpaired) electrons. The van der Waals surface area contributed by atoms with E-state index in [4.69, 9.17) is 4.74 Å². The molecule has 8 nitrogen and oxygen atoms in total. The van der Waals surface area contributed by atoms with Gasteiger partial charge in [-0.1, -0.05) is 44.7 Å². The van der Waals surface area contributed by atoms with Crippen LogP contribution in [0.1, 0.15) is 46.5 Å². The van der Waals surface area contributed by atoms with Gasteiger partial charge in [-0.25, -0.2) is 4.79 Å². The van der Waals surface area contributed by atoms with Crippen LogP contribution in [0.5, 0.6) is 0 Å². The van der Waals surface area contributed by atoms with Gasteiger partial charge < -0.3 is 31.3 Å². The molecule has 1 aliphatic heterocycles. The molecule has 5 N–H and O–H groups in total. The van der Waals surface area contributed by atoms with E-state index in [0.29, 0.717) is 23.9 Å². The molecule has 1 aliphatic rings. The molecule has 0 aliphatic carbocycles. The maximum atomic E-state index is 12.7. The molecular weight excluding hydrogens is 484 g/mol. The highest BCUT2D eigenvalue weighted by Gasteiger charge is 2.18. The number of ether oxygens (including phenoxy) is 1. The average molecular weight is 539 g/mol. The van der Waals surface area contributed by atoms with Crippen LogP contribution < -0.4 is 26.6 Å². The van der Waals surface area contributed by atoms with Gasteiger partial charge in [-0.2, -0.15) is 0 Å². The smallest absolute Gasteiger partial charge is 0.315 e. The fourth-order valence-electron chi connectivity index (χ4n) is 4.12. The summed E-state index contributed by atoms with van der Waals surface area (Å²) in [4.78, 5) is 15.2. The molecule has 1 heterocycles. The lowest BCUT2D eigenvalue weighted by Gasteiger charge is -2.29. The number of carbonyl (C=O) groups excluding carboxylic acids is 1. The number of rotatable bonds is 21. The molecule has 0 aromatic carbocycles. The summed E-state index contributed by atoms with van der Waals surface area (Å²) in [5, 5.41) is 18.9. The third kappa shape index (κ3) is 17.7. The molecule has 2 amide bonds. The quantitative estimate of drug-likeness (QED) is 0.0870. The molecule has 0 aromatic heterocycles. The highest BCUT2D eigenvalue weighted by Crippen LogP contribution is 2.16. The van der Waals surface area contributed by atoms with Crippen LogP contribution in [0.3, 0.4) is 0 Å². The maximum absolute atomic E-state index is 12.7. The second kappa shape index (κ2) is 22.6. The van der Waals surface area contributed by atoms with E-state index in [1.165, 1.54) is 0 Å².